The van der Waals surface area contributed by atoms with Crippen LogP contribution in [0.4, 0.5) is 16.2 Å². The number of carbonyl (C=O) groups is 2. The Morgan fingerprint density at radius 2 is 1.77 bits per heavy atom. The van der Waals surface area contributed by atoms with Gasteiger partial charge in [-0.05, 0) is 42.8 Å². The number of fused-ring (bicyclic) bond motifs is 2. The quantitative estimate of drug-likeness (QED) is 0.547. The molecule has 2 heterocycles. The van der Waals surface area contributed by atoms with Crippen molar-refractivity contribution in [2.24, 2.45) is 0 Å². The lowest BCUT2D eigenvalue weighted by molar-refractivity contribution is -0.123. The third-order valence-electron chi connectivity index (χ3n) is 6.39. The normalized spacial score (nSPS) is 18.7. The van der Waals surface area contributed by atoms with Gasteiger partial charge in [0.1, 0.15) is 11.5 Å². The highest BCUT2D eigenvalue weighted by atomic mass is 32.2. The minimum atomic E-state index is -1.11. The standard InChI is InChI=1S/C27H27N3O4S/c1-18-10-11-24-23(14-18)27(25(31)29(24)17-19-6-4-8-21(15-19)33-2)30(12-13-35-27)26(32)28-20-7-5-9-22(16-20)34-3/h4-11,14-16H,12-13,17H2,1-3H3,(H,28,32). The molecule has 3 aromatic carbocycles. The summed E-state index contributed by atoms with van der Waals surface area (Å²) in [5.74, 6) is 1.94. The Bertz CT molecular complexity index is 1300. The summed E-state index contributed by atoms with van der Waals surface area (Å²) in [6, 6.07) is 20.6. The van der Waals surface area contributed by atoms with E-state index in [0.29, 0.717) is 30.3 Å². The largest absolute Gasteiger partial charge is 0.497 e. The van der Waals surface area contributed by atoms with Gasteiger partial charge in [0.25, 0.3) is 5.91 Å². The van der Waals surface area contributed by atoms with E-state index in [1.807, 2.05) is 61.5 Å². The molecule has 5 rings (SSSR count). The maximum absolute atomic E-state index is 14.2. The molecule has 8 heteroatoms. The first-order valence-corrected chi connectivity index (χ1v) is 12.4. The highest BCUT2D eigenvalue weighted by Crippen LogP contribution is 2.54. The Morgan fingerprint density at radius 3 is 2.54 bits per heavy atom. The van der Waals surface area contributed by atoms with Crippen LogP contribution < -0.4 is 19.7 Å². The number of methoxy groups -OCH3 is 2. The zero-order valence-corrected chi connectivity index (χ0v) is 20.7. The van der Waals surface area contributed by atoms with Crippen LogP contribution in [0.2, 0.25) is 0 Å². The number of anilines is 2. The van der Waals surface area contributed by atoms with Crippen LogP contribution in [0.3, 0.4) is 0 Å². The van der Waals surface area contributed by atoms with Crippen molar-refractivity contribution in [1.29, 1.82) is 0 Å². The fourth-order valence-corrected chi connectivity index (χ4v) is 6.18. The topological polar surface area (TPSA) is 71.1 Å². The summed E-state index contributed by atoms with van der Waals surface area (Å²) in [5, 5.41) is 2.96. The number of thioether (sulfide) groups is 1. The predicted molar refractivity (Wildman–Crippen MR) is 138 cm³/mol. The number of nitrogens with zero attached hydrogens (tertiary/aromatic N) is 2. The van der Waals surface area contributed by atoms with Crippen LogP contribution in [0.25, 0.3) is 0 Å². The molecule has 1 atom stereocenters. The monoisotopic (exact) mass is 489 g/mol. The van der Waals surface area contributed by atoms with Crippen molar-refractivity contribution in [2.75, 3.05) is 36.7 Å². The molecule has 7 nitrogen and oxygen atoms in total. The molecule has 180 valence electrons. The maximum Gasteiger partial charge on any atom is 0.323 e. The summed E-state index contributed by atoms with van der Waals surface area (Å²) in [5.41, 5.74) is 4.30. The van der Waals surface area contributed by atoms with Gasteiger partial charge < -0.3 is 19.7 Å². The lowest BCUT2D eigenvalue weighted by atomic mass is 10.0. The molecule has 0 aliphatic carbocycles. The number of hydrogen-bond acceptors (Lipinski definition) is 5. The second kappa shape index (κ2) is 9.19. The number of benzene rings is 3. The molecule has 0 aromatic heterocycles. The molecule has 0 saturated carbocycles. The van der Waals surface area contributed by atoms with Gasteiger partial charge in [-0.2, -0.15) is 0 Å². The van der Waals surface area contributed by atoms with E-state index in [0.717, 1.165) is 28.1 Å². The van der Waals surface area contributed by atoms with E-state index in [4.69, 9.17) is 9.47 Å². The average Bonchev–Trinajstić information content (AvgIpc) is 3.41. The SMILES string of the molecule is COc1cccc(CN2C(=O)C3(SCCN3C(=O)Nc3cccc(OC)c3)c3cc(C)ccc32)c1. The highest BCUT2D eigenvalue weighted by molar-refractivity contribution is 8.01. The minimum Gasteiger partial charge on any atom is -0.497 e. The predicted octanol–water partition coefficient (Wildman–Crippen LogP) is 4.99. The molecule has 1 spiro atoms. The van der Waals surface area contributed by atoms with Gasteiger partial charge in [0, 0.05) is 29.6 Å². The number of hydrogen-bond donors (Lipinski definition) is 1. The number of aryl methyl sites for hydroxylation is 1. The van der Waals surface area contributed by atoms with E-state index >= 15 is 0 Å². The Labute approximate surface area is 209 Å². The third kappa shape index (κ3) is 3.97. The number of nitrogens with one attached hydrogen (secondary N) is 1. The molecule has 0 bridgehead atoms. The molecule has 1 saturated heterocycles. The first kappa shape index (κ1) is 23.1. The molecule has 3 amide bonds. The van der Waals surface area contributed by atoms with E-state index in [9.17, 15) is 9.59 Å². The van der Waals surface area contributed by atoms with Crippen LogP contribution in [-0.2, 0) is 16.2 Å². The second-order valence-electron chi connectivity index (χ2n) is 8.57. The zero-order valence-electron chi connectivity index (χ0n) is 19.9. The smallest absolute Gasteiger partial charge is 0.323 e. The molecule has 1 unspecified atom stereocenters. The first-order chi connectivity index (χ1) is 17.0. The van der Waals surface area contributed by atoms with Crippen LogP contribution in [0.15, 0.2) is 66.7 Å². The molecular formula is C27H27N3O4S. The minimum absolute atomic E-state index is 0.107. The van der Waals surface area contributed by atoms with E-state index in [-0.39, 0.29) is 11.9 Å². The summed E-state index contributed by atoms with van der Waals surface area (Å²) < 4.78 is 10.6. The van der Waals surface area contributed by atoms with Gasteiger partial charge in [0.05, 0.1) is 26.5 Å². The molecular weight excluding hydrogens is 462 g/mol. The van der Waals surface area contributed by atoms with Gasteiger partial charge in [0.15, 0.2) is 4.87 Å². The second-order valence-corrected chi connectivity index (χ2v) is 9.86. The molecule has 35 heavy (non-hydrogen) atoms. The fraction of sp³-hybridized carbons (Fsp3) is 0.259. The number of urea groups is 1. The Kier molecular flexibility index (Phi) is 6.06. The van der Waals surface area contributed by atoms with Crippen LogP contribution >= 0.6 is 11.8 Å². The number of rotatable bonds is 5. The van der Waals surface area contributed by atoms with Gasteiger partial charge in [-0.1, -0.05) is 35.9 Å². The van der Waals surface area contributed by atoms with Crippen molar-refractivity contribution in [1.82, 2.24) is 4.90 Å². The third-order valence-corrected chi connectivity index (χ3v) is 7.81. The van der Waals surface area contributed by atoms with Gasteiger partial charge in [-0.15, -0.1) is 11.8 Å². The van der Waals surface area contributed by atoms with E-state index in [1.165, 1.54) is 11.8 Å². The Morgan fingerprint density at radius 1 is 1.03 bits per heavy atom. The Hall–Kier alpha value is -3.65. The molecule has 1 N–H and O–H groups in total. The van der Waals surface area contributed by atoms with Gasteiger partial charge in [-0.3, -0.25) is 9.69 Å². The fourth-order valence-electron chi connectivity index (χ4n) is 4.73. The summed E-state index contributed by atoms with van der Waals surface area (Å²) in [4.78, 5) is 30.0. The lowest BCUT2D eigenvalue weighted by Gasteiger charge is -2.33. The summed E-state index contributed by atoms with van der Waals surface area (Å²) in [6.45, 7) is 2.86. The van der Waals surface area contributed by atoms with E-state index in [1.54, 1.807) is 36.2 Å². The van der Waals surface area contributed by atoms with Crippen molar-refractivity contribution >= 4 is 35.1 Å². The van der Waals surface area contributed by atoms with Crippen molar-refractivity contribution in [3.63, 3.8) is 0 Å². The lowest BCUT2D eigenvalue weighted by Crippen LogP contribution is -2.51. The Balaban J connectivity index is 1.51. The molecule has 2 aliphatic rings. The van der Waals surface area contributed by atoms with Crippen molar-refractivity contribution in [2.45, 2.75) is 18.3 Å². The number of amides is 3. The van der Waals surface area contributed by atoms with E-state index in [2.05, 4.69) is 5.32 Å². The van der Waals surface area contributed by atoms with Crippen molar-refractivity contribution in [3.05, 3.63) is 83.4 Å². The maximum atomic E-state index is 14.2. The van der Waals surface area contributed by atoms with Gasteiger partial charge >= 0.3 is 6.03 Å². The van der Waals surface area contributed by atoms with E-state index < -0.39 is 4.87 Å². The average molecular weight is 490 g/mol. The molecule has 3 aromatic rings. The van der Waals surface area contributed by atoms with Crippen LogP contribution in [-0.4, -0.2) is 43.4 Å². The highest BCUT2D eigenvalue weighted by Gasteiger charge is 2.59. The van der Waals surface area contributed by atoms with Crippen LogP contribution in [0.1, 0.15) is 16.7 Å². The van der Waals surface area contributed by atoms with Crippen molar-refractivity contribution in [3.8, 4) is 11.5 Å². The number of carbonyl (C=O) groups excluding carboxylic acids is 2. The molecule has 2 aliphatic heterocycles. The summed E-state index contributed by atoms with van der Waals surface area (Å²) in [7, 11) is 3.21. The number of ether oxygens (including phenoxy) is 2. The molecule has 0 radical (unpaired) electrons. The summed E-state index contributed by atoms with van der Waals surface area (Å²) >= 11 is 1.51. The summed E-state index contributed by atoms with van der Waals surface area (Å²) in [6.07, 6.45) is 0. The zero-order chi connectivity index (χ0) is 24.6. The van der Waals surface area contributed by atoms with Gasteiger partial charge in [-0.25, -0.2) is 4.79 Å². The molecule has 1 fully saturated rings. The van der Waals surface area contributed by atoms with Crippen molar-refractivity contribution < 1.29 is 19.1 Å². The van der Waals surface area contributed by atoms with Crippen LogP contribution in [0.5, 0.6) is 11.5 Å². The first-order valence-electron chi connectivity index (χ1n) is 11.4. The van der Waals surface area contributed by atoms with Gasteiger partial charge in [0.2, 0.25) is 0 Å². The van der Waals surface area contributed by atoms with Crippen LogP contribution in [0, 0.1) is 6.92 Å².